The summed E-state index contributed by atoms with van der Waals surface area (Å²) in [6, 6.07) is 4.36. The van der Waals surface area contributed by atoms with E-state index in [-0.39, 0.29) is 11.9 Å². The first kappa shape index (κ1) is 14.5. The Kier molecular flexibility index (Phi) is 5.16. The average molecular weight is 247 g/mol. The number of nitriles is 2. The Bertz CT molecular complexity index is 369. The van der Waals surface area contributed by atoms with Crippen LogP contribution in [0.5, 0.6) is 0 Å². The summed E-state index contributed by atoms with van der Waals surface area (Å²) in [7, 11) is 0. The molecule has 1 rings (SSSR count). The lowest BCUT2D eigenvalue weighted by atomic mass is 9.74. The van der Waals surface area contributed by atoms with Gasteiger partial charge in [-0.15, -0.1) is 0 Å². The minimum atomic E-state index is -0.835. The van der Waals surface area contributed by atoms with Gasteiger partial charge in [0.05, 0.1) is 18.6 Å². The highest BCUT2D eigenvalue weighted by atomic mass is 16.2. The third kappa shape index (κ3) is 3.01. The summed E-state index contributed by atoms with van der Waals surface area (Å²) in [5.74, 6) is -0.0741. The zero-order chi connectivity index (χ0) is 13.6. The predicted octanol–water partition coefficient (Wildman–Crippen LogP) is 2.61. The molecular formula is C14H21N3O. The first-order valence-corrected chi connectivity index (χ1v) is 6.66. The molecule has 0 saturated heterocycles. The largest absolute Gasteiger partial charge is 0.338 e. The summed E-state index contributed by atoms with van der Waals surface area (Å²) in [5, 5.41) is 18.1. The Balaban J connectivity index is 2.86. The zero-order valence-electron chi connectivity index (χ0n) is 11.3. The van der Waals surface area contributed by atoms with E-state index in [9.17, 15) is 10.1 Å². The first-order chi connectivity index (χ1) is 8.57. The summed E-state index contributed by atoms with van der Waals surface area (Å²) < 4.78 is 0. The number of carbonyl (C=O) groups is 1. The van der Waals surface area contributed by atoms with Crippen LogP contribution in [0.25, 0.3) is 0 Å². The van der Waals surface area contributed by atoms with Gasteiger partial charge in [-0.2, -0.15) is 10.5 Å². The average Bonchev–Trinajstić information content (AvgIpc) is 2.39. The quantitative estimate of drug-likeness (QED) is 0.766. The second kappa shape index (κ2) is 6.40. The maximum Gasteiger partial charge on any atom is 0.243 e. The van der Waals surface area contributed by atoms with Gasteiger partial charge < -0.3 is 4.90 Å². The maximum absolute atomic E-state index is 12.6. The van der Waals surface area contributed by atoms with Gasteiger partial charge in [-0.05, 0) is 26.7 Å². The highest BCUT2D eigenvalue weighted by molar-refractivity contribution is 5.85. The van der Waals surface area contributed by atoms with Gasteiger partial charge in [-0.1, -0.05) is 19.3 Å². The topological polar surface area (TPSA) is 67.9 Å². The number of hydrogen-bond acceptors (Lipinski definition) is 3. The molecule has 0 heterocycles. The molecule has 0 bridgehead atoms. The molecule has 4 heteroatoms. The van der Waals surface area contributed by atoms with E-state index in [0.29, 0.717) is 25.8 Å². The first-order valence-electron chi connectivity index (χ1n) is 6.66. The van der Waals surface area contributed by atoms with E-state index in [1.807, 2.05) is 13.8 Å². The molecule has 1 aliphatic carbocycles. The van der Waals surface area contributed by atoms with Crippen LogP contribution < -0.4 is 0 Å². The third-order valence-electron chi connectivity index (χ3n) is 3.68. The van der Waals surface area contributed by atoms with Crippen LogP contribution in [-0.4, -0.2) is 23.4 Å². The van der Waals surface area contributed by atoms with Crippen molar-refractivity contribution in [3.63, 3.8) is 0 Å². The SMILES string of the molecule is CC(C)N(CCC#N)C(=O)C1(C#N)CCCCC1. The minimum Gasteiger partial charge on any atom is -0.338 e. The molecule has 0 aromatic carbocycles. The summed E-state index contributed by atoms with van der Waals surface area (Å²) in [5.41, 5.74) is -0.835. The van der Waals surface area contributed by atoms with E-state index in [1.165, 1.54) is 0 Å². The van der Waals surface area contributed by atoms with Gasteiger partial charge in [-0.25, -0.2) is 0 Å². The van der Waals surface area contributed by atoms with E-state index >= 15 is 0 Å². The normalized spacial score (nSPS) is 17.8. The lowest BCUT2D eigenvalue weighted by Crippen LogP contribution is -2.47. The molecule has 0 aromatic rings. The van der Waals surface area contributed by atoms with E-state index in [1.54, 1.807) is 4.90 Å². The molecule has 0 aromatic heterocycles. The lowest BCUT2D eigenvalue weighted by molar-refractivity contribution is -0.142. The highest BCUT2D eigenvalue weighted by Crippen LogP contribution is 2.37. The standard InChI is InChI=1S/C14H21N3O/c1-12(2)17(10-6-9-15)13(18)14(11-16)7-4-3-5-8-14/h12H,3-8,10H2,1-2H3. The van der Waals surface area contributed by atoms with Gasteiger partial charge in [-0.3, -0.25) is 4.79 Å². The fourth-order valence-corrected chi connectivity index (χ4v) is 2.57. The van der Waals surface area contributed by atoms with Crippen molar-refractivity contribution in [3.8, 4) is 12.1 Å². The van der Waals surface area contributed by atoms with Crippen LogP contribution in [0.15, 0.2) is 0 Å². The number of amides is 1. The van der Waals surface area contributed by atoms with Gasteiger partial charge in [0.1, 0.15) is 5.41 Å². The smallest absolute Gasteiger partial charge is 0.243 e. The van der Waals surface area contributed by atoms with Gasteiger partial charge in [0, 0.05) is 12.6 Å². The van der Waals surface area contributed by atoms with Crippen LogP contribution in [0.1, 0.15) is 52.4 Å². The number of carbonyl (C=O) groups excluding carboxylic acids is 1. The molecule has 0 radical (unpaired) electrons. The molecule has 1 saturated carbocycles. The van der Waals surface area contributed by atoms with Gasteiger partial charge >= 0.3 is 0 Å². The monoisotopic (exact) mass is 247 g/mol. The fraction of sp³-hybridized carbons (Fsp3) is 0.786. The summed E-state index contributed by atoms with van der Waals surface area (Å²) >= 11 is 0. The van der Waals surface area contributed by atoms with Crippen molar-refractivity contribution in [1.29, 1.82) is 10.5 Å². The van der Waals surface area contributed by atoms with Crippen molar-refractivity contribution in [1.82, 2.24) is 4.90 Å². The minimum absolute atomic E-state index is 0.0398. The van der Waals surface area contributed by atoms with Crippen molar-refractivity contribution in [2.45, 2.75) is 58.4 Å². The summed E-state index contributed by atoms with van der Waals surface area (Å²) in [6.07, 6.45) is 4.66. The van der Waals surface area contributed by atoms with Crippen LogP contribution in [0.2, 0.25) is 0 Å². The van der Waals surface area contributed by atoms with Gasteiger partial charge in [0.25, 0.3) is 0 Å². The van der Waals surface area contributed by atoms with Crippen LogP contribution in [0, 0.1) is 28.1 Å². The Morgan fingerprint density at radius 1 is 1.28 bits per heavy atom. The molecule has 0 aliphatic heterocycles. The molecule has 0 atom stereocenters. The van der Waals surface area contributed by atoms with Gasteiger partial charge in [0.15, 0.2) is 0 Å². The maximum atomic E-state index is 12.6. The highest BCUT2D eigenvalue weighted by Gasteiger charge is 2.42. The Morgan fingerprint density at radius 2 is 1.89 bits per heavy atom. The number of nitrogens with zero attached hydrogens (tertiary/aromatic N) is 3. The van der Waals surface area contributed by atoms with E-state index < -0.39 is 5.41 Å². The molecule has 1 amide bonds. The summed E-state index contributed by atoms with van der Waals surface area (Å²) in [6.45, 7) is 4.29. The third-order valence-corrected chi connectivity index (χ3v) is 3.68. The van der Waals surface area contributed by atoms with Crippen molar-refractivity contribution in [2.75, 3.05) is 6.54 Å². The van der Waals surface area contributed by atoms with Gasteiger partial charge in [0.2, 0.25) is 5.91 Å². The molecule has 98 valence electrons. The summed E-state index contributed by atoms with van der Waals surface area (Å²) in [4.78, 5) is 14.3. The van der Waals surface area contributed by atoms with E-state index in [4.69, 9.17) is 5.26 Å². The second-order valence-electron chi connectivity index (χ2n) is 5.25. The van der Waals surface area contributed by atoms with Crippen LogP contribution in [-0.2, 0) is 4.79 Å². The predicted molar refractivity (Wildman–Crippen MR) is 68.2 cm³/mol. The number of rotatable bonds is 4. The van der Waals surface area contributed by atoms with Crippen LogP contribution in [0.3, 0.4) is 0 Å². The zero-order valence-corrected chi connectivity index (χ0v) is 11.3. The fourth-order valence-electron chi connectivity index (χ4n) is 2.57. The molecule has 18 heavy (non-hydrogen) atoms. The molecule has 0 N–H and O–H groups in total. The molecule has 1 fully saturated rings. The molecule has 4 nitrogen and oxygen atoms in total. The molecule has 0 spiro atoms. The molecule has 0 unspecified atom stereocenters. The van der Waals surface area contributed by atoms with Crippen LogP contribution in [0.4, 0.5) is 0 Å². The molecule has 1 aliphatic rings. The second-order valence-corrected chi connectivity index (χ2v) is 5.25. The molecular weight excluding hydrogens is 226 g/mol. The Labute approximate surface area is 109 Å². The number of hydrogen-bond donors (Lipinski definition) is 0. The van der Waals surface area contributed by atoms with Crippen molar-refractivity contribution >= 4 is 5.91 Å². The van der Waals surface area contributed by atoms with Crippen LogP contribution >= 0.6 is 0 Å². The van der Waals surface area contributed by atoms with Crippen molar-refractivity contribution in [3.05, 3.63) is 0 Å². The lowest BCUT2D eigenvalue weighted by Gasteiger charge is -2.36. The Hall–Kier alpha value is -1.55. The van der Waals surface area contributed by atoms with E-state index in [2.05, 4.69) is 12.1 Å². The van der Waals surface area contributed by atoms with E-state index in [0.717, 1.165) is 19.3 Å². The van der Waals surface area contributed by atoms with Crippen molar-refractivity contribution in [2.24, 2.45) is 5.41 Å². The Morgan fingerprint density at radius 3 is 2.33 bits per heavy atom. The van der Waals surface area contributed by atoms with Crippen molar-refractivity contribution < 1.29 is 4.79 Å².